The number of pyridine rings is 1. The first-order valence-corrected chi connectivity index (χ1v) is 20.2. The van der Waals surface area contributed by atoms with E-state index >= 15 is 0 Å². The monoisotopic (exact) mass is 787 g/mol. The van der Waals surface area contributed by atoms with Crippen LogP contribution in [0.25, 0.3) is 22.0 Å². The molecule has 4 atom stereocenters. The molecule has 4 aromatic carbocycles. The summed E-state index contributed by atoms with van der Waals surface area (Å²) in [6.07, 6.45) is 1.53. The van der Waals surface area contributed by atoms with Crippen molar-refractivity contribution in [1.29, 1.82) is 0 Å². The van der Waals surface area contributed by atoms with Crippen molar-refractivity contribution in [2.24, 2.45) is 11.8 Å². The molecule has 5 aromatic rings. The van der Waals surface area contributed by atoms with Crippen LogP contribution in [0.5, 0.6) is 5.75 Å². The topological polar surface area (TPSA) is 156 Å². The average Bonchev–Trinajstić information content (AvgIpc) is 3.78. The summed E-state index contributed by atoms with van der Waals surface area (Å²) in [7, 11) is 1.75. The van der Waals surface area contributed by atoms with Crippen molar-refractivity contribution < 1.29 is 29.3 Å². The van der Waals surface area contributed by atoms with Gasteiger partial charge in [0.1, 0.15) is 11.9 Å². The van der Waals surface area contributed by atoms with Crippen molar-refractivity contribution >= 4 is 28.6 Å². The molecule has 1 aromatic heterocycles. The Bertz CT molecular complexity index is 2200. The SMILES string of the molecule is CN(CCNC[C@H](O)c1ccc(O)c2[nH]c(=O)ccc12)C(=O)CCOCCc1ccc(CN2CC3C[C@@H](OC(=O)Nc4ccccc4-c4ccccc4)C[C@@H]3C2)cc1. The predicted molar refractivity (Wildman–Crippen MR) is 225 cm³/mol. The highest BCUT2D eigenvalue weighted by Crippen LogP contribution is 2.40. The maximum absolute atomic E-state index is 12.9. The summed E-state index contributed by atoms with van der Waals surface area (Å²) in [5, 5.41) is 27.6. The number of H-pyrrole nitrogens is 1. The van der Waals surface area contributed by atoms with Crippen LogP contribution in [0.4, 0.5) is 10.5 Å². The Morgan fingerprint density at radius 1 is 0.897 bits per heavy atom. The molecule has 12 nitrogen and oxygen atoms in total. The van der Waals surface area contributed by atoms with Gasteiger partial charge in [0.25, 0.3) is 0 Å². The number of ether oxygens (including phenoxy) is 2. The molecule has 2 aliphatic rings. The Hall–Kier alpha value is -5.53. The zero-order valence-electron chi connectivity index (χ0n) is 32.9. The highest BCUT2D eigenvalue weighted by atomic mass is 16.6. The van der Waals surface area contributed by atoms with E-state index in [1.54, 1.807) is 24.1 Å². The fraction of sp³-hybridized carbons (Fsp3) is 0.370. The summed E-state index contributed by atoms with van der Waals surface area (Å²) < 4.78 is 11.7. The number of likely N-dealkylation sites (N-methyl/N-ethyl adjacent to an activating group) is 1. The van der Waals surface area contributed by atoms with Gasteiger partial charge in [-0.2, -0.15) is 0 Å². The molecule has 2 heterocycles. The molecule has 1 saturated heterocycles. The lowest BCUT2D eigenvalue weighted by atomic mass is 10.0. The minimum absolute atomic E-state index is 0.0135. The van der Waals surface area contributed by atoms with Gasteiger partial charge in [-0.25, -0.2) is 4.79 Å². The number of carbonyl (C=O) groups is 2. The number of benzene rings is 4. The van der Waals surface area contributed by atoms with E-state index < -0.39 is 12.2 Å². The first-order valence-electron chi connectivity index (χ1n) is 20.2. The van der Waals surface area contributed by atoms with Crippen molar-refractivity contribution in [3.63, 3.8) is 0 Å². The summed E-state index contributed by atoms with van der Waals surface area (Å²) in [6, 6.07) is 32.5. The number of hydrogen-bond acceptors (Lipinski definition) is 9. The summed E-state index contributed by atoms with van der Waals surface area (Å²) in [6.45, 7) is 5.01. The molecular formula is C46H53N5O7. The molecule has 1 aliphatic carbocycles. The number of fused-ring (bicyclic) bond motifs is 2. The number of amides is 2. The van der Waals surface area contributed by atoms with Gasteiger partial charge < -0.3 is 34.9 Å². The van der Waals surface area contributed by atoms with Crippen molar-refractivity contribution in [1.82, 2.24) is 20.1 Å². The molecule has 1 saturated carbocycles. The number of phenols is 1. The minimum Gasteiger partial charge on any atom is -0.506 e. The number of anilines is 1. The number of hydrogen-bond donors (Lipinski definition) is 5. The molecule has 12 heteroatoms. The largest absolute Gasteiger partial charge is 0.506 e. The number of aliphatic hydroxyl groups is 1. The molecule has 58 heavy (non-hydrogen) atoms. The van der Waals surface area contributed by atoms with Gasteiger partial charge in [-0.05, 0) is 71.6 Å². The standard InChI is InChI=1S/C46H53N5O7/c1-50(22-21-47-27-42(53)38-15-17-41(52)45-39(38)16-18-43(54)49-45)44(55)20-24-57-23-19-31-11-13-32(14-12-31)28-51-29-34-25-36(26-35(34)30-51)58-46(56)48-40-10-6-5-9-37(40)33-7-3-2-4-8-33/h2-18,34-36,42,47,52-53H,19-30H2,1H3,(H,48,56)(H,49,54)/t34-,35?,36+,42+/m1/s1. The molecule has 1 unspecified atom stereocenters. The third-order valence-electron chi connectivity index (χ3n) is 11.4. The number of carbonyl (C=O) groups excluding carboxylic acids is 2. The zero-order chi connectivity index (χ0) is 40.4. The van der Waals surface area contributed by atoms with Crippen LogP contribution in [0.3, 0.4) is 0 Å². The normalized spacial score (nSPS) is 18.2. The molecular weight excluding hydrogens is 735 g/mol. The highest BCUT2D eigenvalue weighted by molar-refractivity contribution is 5.91. The minimum atomic E-state index is -0.862. The molecule has 2 fully saturated rings. The number of likely N-dealkylation sites (tertiary alicyclic amines) is 1. The first kappa shape index (κ1) is 40.7. The Balaban J connectivity index is 0.743. The van der Waals surface area contributed by atoms with Crippen LogP contribution < -0.4 is 16.2 Å². The first-order chi connectivity index (χ1) is 28.2. The van der Waals surface area contributed by atoms with Gasteiger partial charge in [0.05, 0.1) is 36.9 Å². The molecule has 304 valence electrons. The molecule has 5 N–H and O–H groups in total. The van der Waals surface area contributed by atoms with Crippen LogP contribution in [-0.4, -0.2) is 96.1 Å². The van der Waals surface area contributed by atoms with Gasteiger partial charge in [0.2, 0.25) is 11.5 Å². The second kappa shape index (κ2) is 19.3. The Kier molecular flexibility index (Phi) is 13.5. The van der Waals surface area contributed by atoms with Gasteiger partial charge in [0.15, 0.2) is 0 Å². The van der Waals surface area contributed by atoms with Gasteiger partial charge in [-0.3, -0.25) is 19.8 Å². The summed E-state index contributed by atoms with van der Waals surface area (Å²) in [5.41, 5.74) is 5.78. The smallest absolute Gasteiger partial charge is 0.411 e. The van der Waals surface area contributed by atoms with E-state index in [2.05, 4.69) is 44.8 Å². The van der Waals surface area contributed by atoms with Crippen LogP contribution in [0, 0.1) is 11.8 Å². The quantitative estimate of drug-likeness (QED) is 0.0705. The number of rotatable bonds is 17. The number of aromatic hydroxyl groups is 1. The van der Waals surface area contributed by atoms with Crippen LogP contribution in [0.1, 0.15) is 42.1 Å². The van der Waals surface area contributed by atoms with E-state index in [0.717, 1.165) is 55.7 Å². The third-order valence-corrected chi connectivity index (χ3v) is 11.4. The Labute approximate surface area is 338 Å². The van der Waals surface area contributed by atoms with E-state index in [1.807, 2.05) is 54.6 Å². The maximum atomic E-state index is 12.9. The lowest BCUT2D eigenvalue weighted by Crippen LogP contribution is -2.35. The van der Waals surface area contributed by atoms with Crippen molar-refractivity contribution in [3.05, 3.63) is 130 Å². The fourth-order valence-electron chi connectivity index (χ4n) is 8.30. The van der Waals surface area contributed by atoms with Crippen LogP contribution in [0.15, 0.2) is 108 Å². The van der Waals surface area contributed by atoms with Crippen LogP contribution in [-0.2, 0) is 27.2 Å². The highest BCUT2D eigenvalue weighted by Gasteiger charge is 2.42. The van der Waals surface area contributed by atoms with E-state index in [4.69, 9.17) is 9.47 Å². The van der Waals surface area contributed by atoms with Crippen LogP contribution >= 0.6 is 0 Å². The Morgan fingerprint density at radius 3 is 2.40 bits per heavy atom. The number of nitrogens with one attached hydrogen (secondary N) is 3. The summed E-state index contributed by atoms with van der Waals surface area (Å²) >= 11 is 0. The van der Waals surface area contributed by atoms with Gasteiger partial charge in [-0.1, -0.05) is 78.9 Å². The number of nitrogens with zero attached hydrogens (tertiary/aromatic N) is 2. The van der Waals surface area contributed by atoms with E-state index in [0.29, 0.717) is 54.6 Å². The van der Waals surface area contributed by atoms with Crippen molar-refractivity contribution in [2.75, 3.05) is 58.3 Å². The second-order valence-electron chi connectivity index (χ2n) is 15.5. The number of aliphatic hydroxyl groups excluding tert-OH is 1. The molecule has 1 aliphatic heterocycles. The lowest BCUT2D eigenvalue weighted by Gasteiger charge is -2.20. The van der Waals surface area contributed by atoms with E-state index in [1.165, 1.54) is 23.3 Å². The van der Waals surface area contributed by atoms with Crippen LogP contribution in [0.2, 0.25) is 0 Å². The van der Waals surface area contributed by atoms with Gasteiger partial charge in [-0.15, -0.1) is 0 Å². The van der Waals surface area contributed by atoms with E-state index in [9.17, 15) is 24.6 Å². The average molecular weight is 788 g/mol. The predicted octanol–water partition coefficient (Wildman–Crippen LogP) is 6.09. The van der Waals surface area contributed by atoms with Gasteiger partial charge in [0, 0.05) is 63.3 Å². The maximum Gasteiger partial charge on any atom is 0.411 e. The van der Waals surface area contributed by atoms with Crippen molar-refractivity contribution in [2.45, 2.75) is 44.4 Å². The third kappa shape index (κ3) is 10.5. The molecule has 0 bridgehead atoms. The molecule has 2 amide bonds. The second-order valence-corrected chi connectivity index (χ2v) is 15.5. The number of aromatic amines is 1. The fourth-order valence-corrected chi connectivity index (χ4v) is 8.30. The molecule has 7 rings (SSSR count). The Morgan fingerprint density at radius 2 is 1.62 bits per heavy atom. The summed E-state index contributed by atoms with van der Waals surface area (Å²) in [5.74, 6) is 0.992. The lowest BCUT2D eigenvalue weighted by molar-refractivity contribution is -0.131. The van der Waals surface area contributed by atoms with Crippen molar-refractivity contribution in [3.8, 4) is 16.9 Å². The zero-order valence-corrected chi connectivity index (χ0v) is 32.9. The number of aromatic nitrogens is 1. The molecule has 0 spiro atoms. The molecule has 0 radical (unpaired) electrons. The van der Waals surface area contributed by atoms with E-state index in [-0.39, 0.29) is 36.3 Å². The number of para-hydroxylation sites is 1. The number of phenolic OH excluding ortho intramolecular Hbond substituents is 1. The van der Waals surface area contributed by atoms with Gasteiger partial charge >= 0.3 is 6.09 Å². The summed E-state index contributed by atoms with van der Waals surface area (Å²) in [4.78, 5) is 44.0.